The predicted molar refractivity (Wildman–Crippen MR) is 73.7 cm³/mol. The maximum Gasteiger partial charge on any atom is 0.238 e. The number of ketones is 1. The minimum Gasteiger partial charge on any atom is -0.453 e. The molecule has 90 valence electrons. The van der Waals surface area contributed by atoms with Crippen LogP contribution < -0.4 is 0 Å². The van der Waals surface area contributed by atoms with Crippen molar-refractivity contribution in [3.05, 3.63) is 56.9 Å². The van der Waals surface area contributed by atoms with Crippen LogP contribution in [0.1, 0.15) is 21.0 Å². The van der Waals surface area contributed by atoms with E-state index in [1.165, 1.54) is 11.3 Å². The zero-order valence-electron chi connectivity index (χ0n) is 9.57. The number of furan rings is 1. The summed E-state index contributed by atoms with van der Waals surface area (Å²) in [6.45, 7) is 2.01. The van der Waals surface area contributed by atoms with Gasteiger partial charge in [0.05, 0.1) is 9.21 Å². The summed E-state index contributed by atoms with van der Waals surface area (Å²) >= 11 is 7.09. The first-order valence-corrected chi connectivity index (χ1v) is 6.63. The first-order valence-electron chi connectivity index (χ1n) is 5.44. The summed E-state index contributed by atoms with van der Waals surface area (Å²) in [4.78, 5) is 12.8. The largest absolute Gasteiger partial charge is 0.453 e. The normalized spacial score (nSPS) is 11.0. The Kier molecular flexibility index (Phi) is 2.73. The van der Waals surface area contributed by atoms with Crippen LogP contribution in [0.25, 0.3) is 11.0 Å². The van der Waals surface area contributed by atoms with E-state index in [2.05, 4.69) is 0 Å². The monoisotopic (exact) mass is 276 g/mol. The molecule has 2 heterocycles. The van der Waals surface area contributed by atoms with E-state index in [0.29, 0.717) is 15.0 Å². The number of rotatable bonds is 2. The smallest absolute Gasteiger partial charge is 0.238 e. The third kappa shape index (κ3) is 1.96. The van der Waals surface area contributed by atoms with Gasteiger partial charge in [0, 0.05) is 5.39 Å². The van der Waals surface area contributed by atoms with Crippen LogP contribution in [0.5, 0.6) is 0 Å². The van der Waals surface area contributed by atoms with Crippen LogP contribution in [0.4, 0.5) is 0 Å². The lowest BCUT2D eigenvalue weighted by atomic mass is 10.1. The van der Waals surface area contributed by atoms with E-state index < -0.39 is 0 Å². The van der Waals surface area contributed by atoms with E-state index in [1.54, 1.807) is 18.2 Å². The standard InChI is InChI=1S/C14H9ClO2S/c1-8-2-3-10-9(6-8)7-11(17-10)14(16)12-4-5-13(15)18-12/h2-7H,1H3. The lowest BCUT2D eigenvalue weighted by Crippen LogP contribution is -1.95. The van der Waals surface area contributed by atoms with Crippen LogP contribution >= 0.6 is 22.9 Å². The van der Waals surface area contributed by atoms with Crippen molar-refractivity contribution in [1.82, 2.24) is 0 Å². The quantitative estimate of drug-likeness (QED) is 0.636. The Bertz CT molecular complexity index is 739. The lowest BCUT2D eigenvalue weighted by molar-refractivity contribution is 0.101. The highest BCUT2D eigenvalue weighted by Gasteiger charge is 2.16. The minimum absolute atomic E-state index is 0.124. The van der Waals surface area contributed by atoms with Crippen molar-refractivity contribution in [2.24, 2.45) is 0 Å². The van der Waals surface area contributed by atoms with Crippen molar-refractivity contribution < 1.29 is 9.21 Å². The van der Waals surface area contributed by atoms with Crippen LogP contribution in [-0.4, -0.2) is 5.78 Å². The molecule has 0 amide bonds. The molecule has 0 aliphatic rings. The molecule has 3 rings (SSSR count). The van der Waals surface area contributed by atoms with Gasteiger partial charge >= 0.3 is 0 Å². The first kappa shape index (κ1) is 11.5. The molecule has 0 saturated carbocycles. The number of carbonyl (C=O) groups is 1. The van der Waals surface area contributed by atoms with Gasteiger partial charge in [-0.05, 0) is 37.3 Å². The Morgan fingerprint density at radius 3 is 2.78 bits per heavy atom. The van der Waals surface area contributed by atoms with Crippen molar-refractivity contribution in [1.29, 1.82) is 0 Å². The maximum atomic E-state index is 12.2. The molecule has 0 unspecified atom stereocenters. The summed E-state index contributed by atoms with van der Waals surface area (Å²) in [5.41, 5.74) is 1.87. The average molecular weight is 277 g/mol. The molecule has 4 heteroatoms. The number of carbonyl (C=O) groups excluding carboxylic acids is 1. The number of hydrogen-bond acceptors (Lipinski definition) is 3. The van der Waals surface area contributed by atoms with E-state index in [9.17, 15) is 4.79 Å². The second-order valence-corrected chi connectivity index (χ2v) is 5.80. The van der Waals surface area contributed by atoms with Crippen molar-refractivity contribution in [3.63, 3.8) is 0 Å². The molecule has 0 atom stereocenters. The van der Waals surface area contributed by atoms with Crippen molar-refractivity contribution in [3.8, 4) is 0 Å². The van der Waals surface area contributed by atoms with Crippen LogP contribution in [0, 0.1) is 6.92 Å². The van der Waals surface area contributed by atoms with Gasteiger partial charge in [-0.25, -0.2) is 0 Å². The molecule has 2 nitrogen and oxygen atoms in total. The Balaban J connectivity index is 2.06. The SMILES string of the molecule is Cc1ccc2oc(C(=O)c3ccc(Cl)s3)cc2c1. The van der Waals surface area contributed by atoms with Gasteiger partial charge in [0.15, 0.2) is 5.76 Å². The number of benzene rings is 1. The van der Waals surface area contributed by atoms with Gasteiger partial charge in [0.1, 0.15) is 5.58 Å². The summed E-state index contributed by atoms with van der Waals surface area (Å²) < 4.78 is 6.16. The summed E-state index contributed by atoms with van der Waals surface area (Å²) in [7, 11) is 0. The second kappa shape index (κ2) is 4.26. The van der Waals surface area contributed by atoms with Gasteiger partial charge in [-0.15, -0.1) is 11.3 Å². The number of hydrogen-bond donors (Lipinski definition) is 0. The third-order valence-corrected chi connectivity index (χ3v) is 3.92. The summed E-state index contributed by atoms with van der Waals surface area (Å²) in [6.07, 6.45) is 0. The molecule has 0 spiro atoms. The number of thiophene rings is 1. The maximum absolute atomic E-state index is 12.2. The first-order chi connectivity index (χ1) is 8.63. The molecule has 0 radical (unpaired) electrons. The topological polar surface area (TPSA) is 30.2 Å². The zero-order valence-corrected chi connectivity index (χ0v) is 11.1. The van der Waals surface area contributed by atoms with Crippen LogP contribution in [0.2, 0.25) is 4.34 Å². The second-order valence-electron chi connectivity index (χ2n) is 4.08. The fraction of sp³-hybridized carbons (Fsp3) is 0.0714. The van der Waals surface area contributed by atoms with E-state index in [-0.39, 0.29) is 5.78 Å². The molecule has 0 aliphatic heterocycles. The van der Waals surface area contributed by atoms with Gasteiger partial charge in [-0.3, -0.25) is 4.79 Å². The molecule has 18 heavy (non-hydrogen) atoms. The molecule has 0 N–H and O–H groups in total. The van der Waals surface area contributed by atoms with Crippen molar-refractivity contribution >= 4 is 39.7 Å². The van der Waals surface area contributed by atoms with E-state index in [1.807, 2.05) is 25.1 Å². The van der Waals surface area contributed by atoms with Crippen molar-refractivity contribution in [2.45, 2.75) is 6.92 Å². The number of aryl methyl sites for hydroxylation is 1. The molecule has 1 aromatic carbocycles. The summed E-state index contributed by atoms with van der Waals surface area (Å²) in [6, 6.07) is 11.0. The highest BCUT2D eigenvalue weighted by molar-refractivity contribution is 7.18. The number of halogens is 1. The molecule has 2 aromatic heterocycles. The van der Waals surface area contributed by atoms with Crippen LogP contribution in [0.3, 0.4) is 0 Å². The van der Waals surface area contributed by atoms with Gasteiger partial charge in [0.2, 0.25) is 5.78 Å². The molecular formula is C14H9ClO2S. The van der Waals surface area contributed by atoms with E-state index >= 15 is 0 Å². The van der Waals surface area contributed by atoms with Gasteiger partial charge in [0.25, 0.3) is 0 Å². The molecule has 0 bridgehead atoms. The Labute approximate surface area is 113 Å². The molecule has 0 fully saturated rings. The summed E-state index contributed by atoms with van der Waals surface area (Å²) in [5.74, 6) is 0.231. The molecule has 0 saturated heterocycles. The average Bonchev–Trinajstić information content (AvgIpc) is 2.93. The third-order valence-electron chi connectivity index (χ3n) is 2.69. The fourth-order valence-corrected chi connectivity index (χ4v) is 2.82. The Morgan fingerprint density at radius 1 is 1.22 bits per heavy atom. The van der Waals surface area contributed by atoms with Gasteiger partial charge < -0.3 is 4.42 Å². The molecule has 0 aliphatic carbocycles. The Morgan fingerprint density at radius 2 is 2.06 bits per heavy atom. The number of fused-ring (bicyclic) bond motifs is 1. The van der Waals surface area contributed by atoms with Gasteiger partial charge in [-0.2, -0.15) is 0 Å². The van der Waals surface area contributed by atoms with Crippen LogP contribution in [-0.2, 0) is 0 Å². The highest BCUT2D eigenvalue weighted by Crippen LogP contribution is 2.27. The van der Waals surface area contributed by atoms with Crippen LogP contribution in [0.15, 0.2) is 40.8 Å². The Hall–Kier alpha value is -1.58. The minimum atomic E-state index is -0.124. The van der Waals surface area contributed by atoms with Crippen molar-refractivity contribution in [2.75, 3.05) is 0 Å². The summed E-state index contributed by atoms with van der Waals surface area (Å²) in [5, 5.41) is 0.945. The predicted octanol–water partition coefficient (Wildman–Crippen LogP) is 4.69. The fourth-order valence-electron chi connectivity index (χ4n) is 1.83. The zero-order chi connectivity index (χ0) is 12.7. The molecule has 3 aromatic rings. The molecular weight excluding hydrogens is 268 g/mol. The lowest BCUT2D eigenvalue weighted by Gasteiger charge is -1.91. The van der Waals surface area contributed by atoms with E-state index in [4.69, 9.17) is 16.0 Å². The van der Waals surface area contributed by atoms with Gasteiger partial charge in [-0.1, -0.05) is 23.2 Å². The highest BCUT2D eigenvalue weighted by atomic mass is 35.5. The van der Waals surface area contributed by atoms with E-state index in [0.717, 1.165) is 16.5 Å².